The topological polar surface area (TPSA) is 38.1 Å². The minimum atomic E-state index is 0.0206. The maximum Gasteiger partial charge on any atom is 0.125 e. The summed E-state index contributed by atoms with van der Waals surface area (Å²) in [6, 6.07) is 12.3. The standard InChI is InChI=1S/C16H16N2O/c1-11-7-8-15(19-11)16(17-2)14-10-18-9-12-5-3-4-6-13(12)14/h3-10,16-17H,1-2H3. The van der Waals surface area contributed by atoms with Gasteiger partial charge in [0.05, 0.1) is 6.04 Å². The van der Waals surface area contributed by atoms with Gasteiger partial charge in [-0.15, -0.1) is 0 Å². The smallest absolute Gasteiger partial charge is 0.125 e. The van der Waals surface area contributed by atoms with Crippen molar-refractivity contribution in [2.45, 2.75) is 13.0 Å². The Kier molecular flexibility index (Phi) is 3.05. The van der Waals surface area contributed by atoms with Crippen molar-refractivity contribution in [3.63, 3.8) is 0 Å². The molecule has 0 aliphatic carbocycles. The summed E-state index contributed by atoms with van der Waals surface area (Å²) in [6.45, 7) is 1.96. The van der Waals surface area contributed by atoms with Crippen molar-refractivity contribution in [1.29, 1.82) is 0 Å². The first-order valence-electron chi connectivity index (χ1n) is 6.36. The molecule has 3 heteroatoms. The number of aryl methyl sites for hydroxylation is 1. The zero-order chi connectivity index (χ0) is 13.2. The molecule has 3 rings (SSSR count). The molecule has 2 aromatic heterocycles. The average Bonchev–Trinajstić information content (AvgIpc) is 2.86. The van der Waals surface area contributed by atoms with E-state index in [1.807, 2.05) is 50.6 Å². The molecule has 0 saturated carbocycles. The predicted octanol–water partition coefficient (Wildman–Crippen LogP) is 3.45. The SMILES string of the molecule is CNC(c1ccc(C)o1)c1cncc2ccccc12. The van der Waals surface area contributed by atoms with Crippen molar-refractivity contribution < 1.29 is 4.42 Å². The van der Waals surface area contributed by atoms with Crippen LogP contribution in [0.2, 0.25) is 0 Å². The predicted molar refractivity (Wildman–Crippen MR) is 76.1 cm³/mol. The summed E-state index contributed by atoms with van der Waals surface area (Å²) in [5.41, 5.74) is 1.13. The highest BCUT2D eigenvalue weighted by molar-refractivity contribution is 5.85. The van der Waals surface area contributed by atoms with E-state index in [1.165, 1.54) is 5.39 Å². The molecular weight excluding hydrogens is 236 g/mol. The van der Waals surface area contributed by atoms with Gasteiger partial charge in [-0.25, -0.2) is 0 Å². The van der Waals surface area contributed by atoms with Crippen LogP contribution in [-0.2, 0) is 0 Å². The van der Waals surface area contributed by atoms with E-state index in [2.05, 4.69) is 22.4 Å². The molecule has 0 aliphatic rings. The maximum absolute atomic E-state index is 5.75. The van der Waals surface area contributed by atoms with Crippen molar-refractivity contribution in [2.75, 3.05) is 7.05 Å². The zero-order valence-electron chi connectivity index (χ0n) is 11.1. The molecule has 0 aliphatic heterocycles. The van der Waals surface area contributed by atoms with Crippen LogP contribution in [0.5, 0.6) is 0 Å². The minimum absolute atomic E-state index is 0.0206. The van der Waals surface area contributed by atoms with Crippen LogP contribution in [0.15, 0.2) is 53.2 Å². The first-order valence-corrected chi connectivity index (χ1v) is 6.36. The summed E-state index contributed by atoms with van der Waals surface area (Å²) in [4.78, 5) is 4.33. The second-order valence-corrected chi connectivity index (χ2v) is 4.62. The molecule has 0 amide bonds. The normalized spacial score (nSPS) is 12.7. The molecule has 3 nitrogen and oxygen atoms in total. The molecule has 1 N–H and O–H groups in total. The van der Waals surface area contributed by atoms with Gasteiger partial charge in [0.1, 0.15) is 11.5 Å². The molecule has 0 radical (unpaired) electrons. The van der Waals surface area contributed by atoms with E-state index < -0.39 is 0 Å². The van der Waals surface area contributed by atoms with Crippen molar-refractivity contribution in [3.8, 4) is 0 Å². The molecule has 0 spiro atoms. The Labute approximate surface area is 112 Å². The number of pyridine rings is 1. The average molecular weight is 252 g/mol. The number of aromatic nitrogens is 1. The number of hydrogen-bond donors (Lipinski definition) is 1. The molecule has 1 atom stereocenters. The molecule has 1 aromatic carbocycles. The number of nitrogens with one attached hydrogen (secondary N) is 1. The van der Waals surface area contributed by atoms with Crippen molar-refractivity contribution in [3.05, 3.63) is 65.9 Å². The van der Waals surface area contributed by atoms with Crippen LogP contribution in [-0.4, -0.2) is 12.0 Å². The highest BCUT2D eigenvalue weighted by atomic mass is 16.3. The molecule has 0 bridgehead atoms. The summed E-state index contributed by atoms with van der Waals surface area (Å²) >= 11 is 0. The number of benzene rings is 1. The van der Waals surface area contributed by atoms with E-state index in [0.717, 1.165) is 22.5 Å². The van der Waals surface area contributed by atoms with Crippen LogP contribution in [0.1, 0.15) is 23.1 Å². The summed E-state index contributed by atoms with van der Waals surface area (Å²) in [5.74, 6) is 1.83. The van der Waals surface area contributed by atoms with Gasteiger partial charge in [0.15, 0.2) is 0 Å². The fourth-order valence-electron chi connectivity index (χ4n) is 2.43. The molecule has 19 heavy (non-hydrogen) atoms. The highest BCUT2D eigenvalue weighted by Gasteiger charge is 2.18. The molecule has 2 heterocycles. The number of furan rings is 1. The lowest BCUT2D eigenvalue weighted by Crippen LogP contribution is -2.17. The van der Waals surface area contributed by atoms with Crippen molar-refractivity contribution in [2.24, 2.45) is 0 Å². The Morgan fingerprint density at radius 3 is 2.68 bits per heavy atom. The molecule has 0 saturated heterocycles. The minimum Gasteiger partial charge on any atom is -0.464 e. The van der Waals surface area contributed by atoms with Gasteiger partial charge in [-0.1, -0.05) is 24.3 Å². The van der Waals surface area contributed by atoms with E-state index in [0.29, 0.717) is 0 Å². The number of fused-ring (bicyclic) bond motifs is 1. The second-order valence-electron chi connectivity index (χ2n) is 4.62. The summed E-state index contributed by atoms with van der Waals surface area (Å²) < 4.78 is 5.75. The lowest BCUT2D eigenvalue weighted by molar-refractivity contribution is 0.445. The van der Waals surface area contributed by atoms with Crippen molar-refractivity contribution in [1.82, 2.24) is 10.3 Å². The fraction of sp³-hybridized carbons (Fsp3) is 0.188. The second kappa shape index (κ2) is 4.86. The Balaban J connectivity index is 2.16. The van der Waals surface area contributed by atoms with Crippen LogP contribution in [0.25, 0.3) is 10.8 Å². The Bertz CT molecular complexity index is 697. The monoisotopic (exact) mass is 252 g/mol. The van der Waals surface area contributed by atoms with Gasteiger partial charge in [-0.05, 0) is 31.5 Å². The first kappa shape index (κ1) is 11.9. The third-order valence-corrected chi connectivity index (χ3v) is 3.34. The molecule has 3 aromatic rings. The Hall–Kier alpha value is -2.13. The molecule has 1 unspecified atom stereocenters. The summed E-state index contributed by atoms with van der Waals surface area (Å²) in [7, 11) is 1.93. The van der Waals surface area contributed by atoms with Gasteiger partial charge in [0.2, 0.25) is 0 Å². The molecular formula is C16H16N2O. The van der Waals surface area contributed by atoms with E-state index in [9.17, 15) is 0 Å². The van der Waals surface area contributed by atoms with Gasteiger partial charge in [0, 0.05) is 23.3 Å². The van der Waals surface area contributed by atoms with Gasteiger partial charge in [-0.2, -0.15) is 0 Å². The molecule has 0 fully saturated rings. The van der Waals surface area contributed by atoms with Crippen LogP contribution >= 0.6 is 0 Å². The third kappa shape index (κ3) is 2.13. The molecule has 96 valence electrons. The van der Waals surface area contributed by atoms with E-state index in [4.69, 9.17) is 4.42 Å². The van der Waals surface area contributed by atoms with Gasteiger partial charge >= 0.3 is 0 Å². The lowest BCUT2D eigenvalue weighted by atomic mass is 10.00. The first-order chi connectivity index (χ1) is 9.29. The summed E-state index contributed by atoms with van der Waals surface area (Å²) in [6.07, 6.45) is 3.79. The van der Waals surface area contributed by atoms with Crippen LogP contribution in [0.4, 0.5) is 0 Å². The van der Waals surface area contributed by atoms with E-state index in [-0.39, 0.29) is 6.04 Å². The highest BCUT2D eigenvalue weighted by Crippen LogP contribution is 2.28. The van der Waals surface area contributed by atoms with Gasteiger partial charge < -0.3 is 9.73 Å². The zero-order valence-corrected chi connectivity index (χ0v) is 11.1. The van der Waals surface area contributed by atoms with Crippen LogP contribution in [0.3, 0.4) is 0 Å². The van der Waals surface area contributed by atoms with E-state index >= 15 is 0 Å². The quantitative estimate of drug-likeness (QED) is 0.776. The van der Waals surface area contributed by atoms with Crippen molar-refractivity contribution >= 4 is 10.8 Å². The maximum atomic E-state index is 5.75. The Morgan fingerprint density at radius 2 is 1.95 bits per heavy atom. The largest absolute Gasteiger partial charge is 0.464 e. The van der Waals surface area contributed by atoms with E-state index in [1.54, 1.807) is 0 Å². The number of rotatable bonds is 3. The van der Waals surface area contributed by atoms with Gasteiger partial charge in [0.25, 0.3) is 0 Å². The summed E-state index contributed by atoms with van der Waals surface area (Å²) in [5, 5.41) is 5.65. The Morgan fingerprint density at radius 1 is 1.11 bits per heavy atom. The van der Waals surface area contributed by atoms with Gasteiger partial charge in [-0.3, -0.25) is 4.98 Å². The third-order valence-electron chi connectivity index (χ3n) is 3.34. The lowest BCUT2D eigenvalue weighted by Gasteiger charge is -2.16. The van der Waals surface area contributed by atoms with Crippen LogP contribution in [0, 0.1) is 6.92 Å². The van der Waals surface area contributed by atoms with Crippen LogP contribution < -0.4 is 5.32 Å². The fourth-order valence-corrected chi connectivity index (χ4v) is 2.43. The number of nitrogens with zero attached hydrogens (tertiary/aromatic N) is 1. The number of hydrogen-bond acceptors (Lipinski definition) is 3.